The molecule has 1 fully saturated rings. The van der Waals surface area contributed by atoms with Crippen LogP contribution < -0.4 is 5.32 Å². The minimum atomic E-state index is 0.320. The topological polar surface area (TPSA) is 24.9 Å². The van der Waals surface area contributed by atoms with E-state index in [1.165, 1.54) is 37.1 Å². The van der Waals surface area contributed by atoms with Gasteiger partial charge in [-0.1, -0.05) is 19.9 Å². The SMILES string of the molecule is CCc1ccc(CC2(CC)CCCN2)nc1. The Morgan fingerprint density at radius 1 is 1.38 bits per heavy atom. The van der Waals surface area contributed by atoms with E-state index >= 15 is 0 Å². The molecule has 2 nitrogen and oxygen atoms in total. The molecule has 2 heteroatoms. The zero-order valence-electron chi connectivity index (χ0n) is 10.4. The molecule has 88 valence electrons. The van der Waals surface area contributed by atoms with E-state index in [2.05, 4.69) is 36.3 Å². The molecule has 0 saturated carbocycles. The monoisotopic (exact) mass is 218 g/mol. The molecule has 1 atom stereocenters. The van der Waals surface area contributed by atoms with Crippen LogP contribution in [0.3, 0.4) is 0 Å². The van der Waals surface area contributed by atoms with Crippen molar-refractivity contribution >= 4 is 0 Å². The fourth-order valence-corrected chi connectivity index (χ4v) is 2.56. The minimum absolute atomic E-state index is 0.320. The Labute approximate surface area is 98.5 Å². The summed E-state index contributed by atoms with van der Waals surface area (Å²) in [6.45, 7) is 5.61. The largest absolute Gasteiger partial charge is 0.311 e. The van der Waals surface area contributed by atoms with Crippen molar-refractivity contribution < 1.29 is 0 Å². The van der Waals surface area contributed by atoms with E-state index in [0.717, 1.165) is 12.8 Å². The van der Waals surface area contributed by atoms with Gasteiger partial charge >= 0.3 is 0 Å². The highest BCUT2D eigenvalue weighted by Crippen LogP contribution is 2.26. The first-order chi connectivity index (χ1) is 7.78. The van der Waals surface area contributed by atoms with Crippen LogP contribution in [0, 0.1) is 0 Å². The number of hydrogen-bond acceptors (Lipinski definition) is 2. The normalized spacial score (nSPS) is 24.9. The van der Waals surface area contributed by atoms with Crippen LogP contribution in [0.1, 0.15) is 44.4 Å². The van der Waals surface area contributed by atoms with E-state index in [9.17, 15) is 0 Å². The predicted octanol–water partition coefficient (Wildman–Crippen LogP) is 2.72. The third-order valence-corrected chi connectivity index (χ3v) is 3.82. The standard InChI is InChI=1S/C14H22N2/c1-3-12-6-7-13(15-11-12)10-14(4-2)8-5-9-16-14/h6-7,11,16H,3-5,8-10H2,1-2H3. The maximum absolute atomic E-state index is 4.57. The summed E-state index contributed by atoms with van der Waals surface area (Å²) < 4.78 is 0. The molecule has 0 aliphatic carbocycles. The molecule has 1 aliphatic rings. The summed E-state index contributed by atoms with van der Waals surface area (Å²) in [6, 6.07) is 4.40. The molecule has 16 heavy (non-hydrogen) atoms. The first kappa shape index (κ1) is 11.6. The van der Waals surface area contributed by atoms with Crippen molar-refractivity contribution in [1.29, 1.82) is 0 Å². The van der Waals surface area contributed by atoms with Crippen LogP contribution in [0.4, 0.5) is 0 Å². The van der Waals surface area contributed by atoms with Crippen LogP contribution in [-0.4, -0.2) is 17.1 Å². The Morgan fingerprint density at radius 3 is 2.75 bits per heavy atom. The number of pyridine rings is 1. The van der Waals surface area contributed by atoms with Crippen molar-refractivity contribution in [3.8, 4) is 0 Å². The lowest BCUT2D eigenvalue weighted by atomic mass is 9.88. The zero-order valence-corrected chi connectivity index (χ0v) is 10.4. The van der Waals surface area contributed by atoms with Crippen molar-refractivity contribution in [2.45, 2.75) is 51.5 Å². The summed E-state index contributed by atoms with van der Waals surface area (Å²) in [5.41, 5.74) is 2.88. The second kappa shape index (κ2) is 4.96. The van der Waals surface area contributed by atoms with Gasteiger partial charge in [-0.3, -0.25) is 4.98 Å². The second-order valence-corrected chi connectivity index (χ2v) is 4.85. The fraction of sp³-hybridized carbons (Fsp3) is 0.643. The van der Waals surface area contributed by atoms with Gasteiger partial charge in [0.2, 0.25) is 0 Å². The maximum atomic E-state index is 4.57. The quantitative estimate of drug-likeness (QED) is 0.840. The Bertz CT molecular complexity index is 323. The van der Waals surface area contributed by atoms with E-state index in [1.807, 2.05) is 6.20 Å². The van der Waals surface area contributed by atoms with Crippen molar-refractivity contribution in [3.63, 3.8) is 0 Å². The molecular formula is C14H22N2. The molecule has 1 aromatic rings. The summed E-state index contributed by atoms with van der Waals surface area (Å²) in [5.74, 6) is 0. The van der Waals surface area contributed by atoms with Crippen molar-refractivity contribution in [2.24, 2.45) is 0 Å². The van der Waals surface area contributed by atoms with Gasteiger partial charge in [-0.2, -0.15) is 0 Å². The highest BCUT2D eigenvalue weighted by Gasteiger charge is 2.31. The highest BCUT2D eigenvalue weighted by atomic mass is 15.0. The molecule has 0 aromatic carbocycles. The van der Waals surface area contributed by atoms with Gasteiger partial charge in [0.05, 0.1) is 0 Å². The number of aryl methyl sites for hydroxylation is 1. The van der Waals surface area contributed by atoms with Crippen molar-refractivity contribution in [3.05, 3.63) is 29.6 Å². The predicted molar refractivity (Wildman–Crippen MR) is 67.6 cm³/mol. The van der Waals surface area contributed by atoms with E-state index < -0.39 is 0 Å². The molecule has 1 aliphatic heterocycles. The number of rotatable bonds is 4. The van der Waals surface area contributed by atoms with Gasteiger partial charge in [0.15, 0.2) is 0 Å². The number of aromatic nitrogens is 1. The molecular weight excluding hydrogens is 196 g/mol. The second-order valence-electron chi connectivity index (χ2n) is 4.85. The summed E-state index contributed by atoms with van der Waals surface area (Å²) >= 11 is 0. The van der Waals surface area contributed by atoms with Crippen LogP contribution in [0.2, 0.25) is 0 Å². The number of nitrogens with zero attached hydrogens (tertiary/aromatic N) is 1. The summed E-state index contributed by atoms with van der Waals surface area (Å²) in [5, 5.41) is 3.66. The minimum Gasteiger partial charge on any atom is -0.311 e. The molecule has 2 heterocycles. The van der Waals surface area contributed by atoms with Gasteiger partial charge < -0.3 is 5.32 Å². The molecule has 0 spiro atoms. The fourth-order valence-electron chi connectivity index (χ4n) is 2.56. The molecule has 1 N–H and O–H groups in total. The Balaban J connectivity index is 2.07. The van der Waals surface area contributed by atoms with Gasteiger partial charge in [0.25, 0.3) is 0 Å². The molecule has 0 bridgehead atoms. The van der Waals surface area contributed by atoms with Crippen LogP contribution in [0.15, 0.2) is 18.3 Å². The van der Waals surface area contributed by atoms with Crippen LogP contribution in [0.25, 0.3) is 0 Å². The third kappa shape index (κ3) is 2.43. The molecule has 0 amide bonds. The Morgan fingerprint density at radius 2 is 2.25 bits per heavy atom. The van der Waals surface area contributed by atoms with Gasteiger partial charge in [-0.15, -0.1) is 0 Å². The molecule has 1 unspecified atom stereocenters. The lowest BCUT2D eigenvalue weighted by Crippen LogP contribution is -2.41. The number of hydrogen-bond donors (Lipinski definition) is 1. The van der Waals surface area contributed by atoms with E-state index in [0.29, 0.717) is 5.54 Å². The first-order valence-corrected chi connectivity index (χ1v) is 6.47. The van der Waals surface area contributed by atoms with Gasteiger partial charge in [-0.25, -0.2) is 0 Å². The van der Waals surface area contributed by atoms with E-state index in [4.69, 9.17) is 0 Å². The average Bonchev–Trinajstić information content (AvgIpc) is 2.79. The van der Waals surface area contributed by atoms with Crippen molar-refractivity contribution in [2.75, 3.05) is 6.54 Å². The summed E-state index contributed by atoms with van der Waals surface area (Å²) in [6.07, 6.45) is 7.97. The molecule has 0 radical (unpaired) electrons. The highest BCUT2D eigenvalue weighted by molar-refractivity contribution is 5.16. The number of nitrogens with one attached hydrogen (secondary N) is 1. The van der Waals surface area contributed by atoms with Crippen LogP contribution >= 0.6 is 0 Å². The first-order valence-electron chi connectivity index (χ1n) is 6.47. The van der Waals surface area contributed by atoms with E-state index in [1.54, 1.807) is 0 Å². The van der Waals surface area contributed by atoms with Gasteiger partial charge in [0.1, 0.15) is 0 Å². The maximum Gasteiger partial charge on any atom is 0.0422 e. The molecule has 1 aromatic heterocycles. The zero-order chi connectivity index (χ0) is 11.4. The lowest BCUT2D eigenvalue weighted by Gasteiger charge is -2.27. The third-order valence-electron chi connectivity index (χ3n) is 3.82. The molecule has 1 saturated heterocycles. The van der Waals surface area contributed by atoms with E-state index in [-0.39, 0.29) is 0 Å². The van der Waals surface area contributed by atoms with Crippen LogP contribution in [-0.2, 0) is 12.8 Å². The summed E-state index contributed by atoms with van der Waals surface area (Å²) in [7, 11) is 0. The van der Waals surface area contributed by atoms with Crippen LogP contribution in [0.5, 0.6) is 0 Å². The summed E-state index contributed by atoms with van der Waals surface area (Å²) in [4.78, 5) is 4.57. The average molecular weight is 218 g/mol. The Kier molecular flexibility index (Phi) is 3.59. The Hall–Kier alpha value is -0.890. The van der Waals surface area contributed by atoms with Crippen molar-refractivity contribution in [1.82, 2.24) is 10.3 Å². The molecule has 2 rings (SSSR count). The smallest absolute Gasteiger partial charge is 0.0422 e. The van der Waals surface area contributed by atoms with Gasteiger partial charge in [0, 0.05) is 23.9 Å². The van der Waals surface area contributed by atoms with Gasteiger partial charge in [-0.05, 0) is 43.9 Å². The lowest BCUT2D eigenvalue weighted by molar-refractivity contribution is 0.356.